The standard InChI is InChI=1S/C53H66/c1-5-9-11-13-15-17-19-21-23-25-39-53(40-26-24-22-20-18-16-14-12-10-6-2)51-41-47(45-31-27-43(7-3)28-32-45)35-37-49(51)50-38-36-48(42-52(50)53)46-33-29-44(8-4)30-34-46/h3-4,27-38,41-42H,5-6,9-26,39-40H2,1-2H3. The van der Waals surface area contributed by atoms with Gasteiger partial charge in [0.2, 0.25) is 0 Å². The minimum Gasteiger partial charge on any atom is -0.115 e. The lowest BCUT2D eigenvalue weighted by Crippen LogP contribution is -2.25. The first kappa shape index (κ1) is 40.2. The predicted octanol–water partition coefficient (Wildman–Crippen LogP) is 15.9. The Labute approximate surface area is 324 Å². The lowest BCUT2D eigenvalue weighted by Gasteiger charge is -2.33. The van der Waals surface area contributed by atoms with E-state index < -0.39 is 0 Å². The molecule has 0 unspecified atom stereocenters. The van der Waals surface area contributed by atoms with Crippen LogP contribution in [0.2, 0.25) is 0 Å². The Bertz CT molecular complexity index is 1620. The molecule has 0 saturated heterocycles. The van der Waals surface area contributed by atoms with Gasteiger partial charge in [-0.15, -0.1) is 12.8 Å². The number of unbranched alkanes of at least 4 members (excludes halogenated alkanes) is 18. The molecule has 0 aliphatic heterocycles. The van der Waals surface area contributed by atoms with Crippen molar-refractivity contribution in [2.24, 2.45) is 0 Å². The second-order valence-corrected chi connectivity index (χ2v) is 15.9. The molecule has 0 aromatic heterocycles. The van der Waals surface area contributed by atoms with Gasteiger partial charge >= 0.3 is 0 Å². The molecule has 53 heavy (non-hydrogen) atoms. The van der Waals surface area contributed by atoms with Crippen LogP contribution in [0.5, 0.6) is 0 Å². The quantitative estimate of drug-likeness (QED) is 0.0504. The van der Waals surface area contributed by atoms with E-state index in [1.165, 1.54) is 186 Å². The highest BCUT2D eigenvalue weighted by Crippen LogP contribution is 2.55. The van der Waals surface area contributed by atoms with Crippen molar-refractivity contribution in [2.75, 3.05) is 0 Å². The predicted molar refractivity (Wildman–Crippen MR) is 232 cm³/mol. The first-order chi connectivity index (χ1) is 26.1. The maximum Gasteiger partial charge on any atom is 0.0243 e. The molecule has 0 amide bonds. The van der Waals surface area contributed by atoms with Gasteiger partial charge in [-0.1, -0.05) is 203 Å². The first-order valence-corrected chi connectivity index (χ1v) is 21.6. The topological polar surface area (TPSA) is 0 Å². The number of terminal acetylenes is 2. The maximum atomic E-state index is 5.73. The first-order valence-electron chi connectivity index (χ1n) is 21.6. The average Bonchev–Trinajstić information content (AvgIpc) is 3.47. The summed E-state index contributed by atoms with van der Waals surface area (Å²) in [6, 6.07) is 31.7. The van der Waals surface area contributed by atoms with Crippen molar-refractivity contribution in [2.45, 2.75) is 161 Å². The average molecular weight is 703 g/mol. The summed E-state index contributed by atoms with van der Waals surface area (Å²) in [4.78, 5) is 0. The van der Waals surface area contributed by atoms with Crippen molar-refractivity contribution in [3.63, 3.8) is 0 Å². The summed E-state index contributed by atoms with van der Waals surface area (Å²) in [7, 11) is 0. The molecule has 0 fully saturated rings. The summed E-state index contributed by atoms with van der Waals surface area (Å²) in [5, 5.41) is 0. The Morgan fingerprint density at radius 3 is 1.00 bits per heavy atom. The zero-order valence-corrected chi connectivity index (χ0v) is 33.3. The fourth-order valence-electron chi connectivity index (χ4n) is 8.86. The van der Waals surface area contributed by atoms with E-state index in [0.717, 1.165) is 11.1 Å². The zero-order valence-electron chi connectivity index (χ0n) is 33.3. The molecule has 1 aliphatic carbocycles. The summed E-state index contributed by atoms with van der Waals surface area (Å²) in [6.07, 6.45) is 41.1. The van der Waals surface area contributed by atoms with Gasteiger partial charge in [0, 0.05) is 16.5 Å². The van der Waals surface area contributed by atoms with Gasteiger partial charge in [0.25, 0.3) is 0 Å². The fraction of sp³-hybridized carbons (Fsp3) is 0.472. The molecular weight excluding hydrogens is 637 g/mol. The SMILES string of the molecule is C#Cc1ccc(-c2ccc3c(c2)C(CCCCCCCCCCCC)(CCCCCCCCCCCC)c2cc(-c4ccc(C#C)cc4)ccc2-3)cc1. The van der Waals surface area contributed by atoms with Gasteiger partial charge in [0.15, 0.2) is 0 Å². The molecule has 0 atom stereocenters. The third-order valence-electron chi connectivity index (χ3n) is 12.0. The Balaban J connectivity index is 1.42. The maximum absolute atomic E-state index is 5.73. The molecule has 1 aliphatic rings. The lowest BCUT2D eigenvalue weighted by molar-refractivity contribution is 0.397. The van der Waals surface area contributed by atoms with E-state index in [1.807, 2.05) is 0 Å². The highest BCUT2D eigenvalue weighted by atomic mass is 14.5. The molecule has 0 radical (unpaired) electrons. The van der Waals surface area contributed by atoms with Crippen LogP contribution in [-0.4, -0.2) is 0 Å². The second kappa shape index (κ2) is 21.6. The van der Waals surface area contributed by atoms with Crippen molar-refractivity contribution < 1.29 is 0 Å². The van der Waals surface area contributed by atoms with Crippen LogP contribution in [0.25, 0.3) is 33.4 Å². The molecule has 0 heterocycles. The monoisotopic (exact) mass is 703 g/mol. The number of benzene rings is 4. The van der Waals surface area contributed by atoms with Gasteiger partial charge in [0.1, 0.15) is 0 Å². The Morgan fingerprint density at radius 1 is 0.377 bits per heavy atom. The molecule has 0 saturated carbocycles. The van der Waals surface area contributed by atoms with Gasteiger partial charge in [-0.2, -0.15) is 0 Å². The van der Waals surface area contributed by atoms with Crippen molar-refractivity contribution in [3.05, 3.63) is 107 Å². The highest BCUT2D eigenvalue weighted by Gasteiger charge is 2.42. The summed E-state index contributed by atoms with van der Waals surface area (Å²) in [6.45, 7) is 4.61. The number of hydrogen-bond donors (Lipinski definition) is 0. The molecule has 0 heteroatoms. The van der Waals surface area contributed by atoms with Crippen LogP contribution in [-0.2, 0) is 5.41 Å². The summed E-state index contributed by atoms with van der Waals surface area (Å²) >= 11 is 0. The van der Waals surface area contributed by atoms with Crippen molar-refractivity contribution in [1.82, 2.24) is 0 Å². The number of hydrogen-bond acceptors (Lipinski definition) is 0. The van der Waals surface area contributed by atoms with Crippen molar-refractivity contribution in [3.8, 4) is 58.1 Å². The van der Waals surface area contributed by atoms with Crippen molar-refractivity contribution >= 4 is 0 Å². The molecule has 5 rings (SSSR count). The summed E-state index contributed by atoms with van der Waals surface area (Å²) in [5.41, 5.74) is 12.9. The minimum absolute atomic E-state index is 0.00843. The summed E-state index contributed by atoms with van der Waals surface area (Å²) in [5.74, 6) is 5.59. The summed E-state index contributed by atoms with van der Waals surface area (Å²) < 4.78 is 0. The Morgan fingerprint density at radius 2 is 0.679 bits per heavy atom. The molecule has 0 bridgehead atoms. The second-order valence-electron chi connectivity index (χ2n) is 15.9. The van der Waals surface area contributed by atoms with Crippen LogP contribution in [0.15, 0.2) is 84.9 Å². The van der Waals surface area contributed by atoms with Crippen LogP contribution in [0, 0.1) is 24.7 Å². The van der Waals surface area contributed by atoms with Gasteiger partial charge in [-0.25, -0.2) is 0 Å². The van der Waals surface area contributed by atoms with Crippen molar-refractivity contribution in [1.29, 1.82) is 0 Å². The van der Waals surface area contributed by atoms with Gasteiger partial charge < -0.3 is 0 Å². The van der Waals surface area contributed by atoms with E-state index in [0.29, 0.717) is 0 Å². The molecule has 4 aromatic rings. The van der Waals surface area contributed by atoms with Crippen LogP contribution in [0.3, 0.4) is 0 Å². The number of fused-ring (bicyclic) bond motifs is 3. The van der Waals surface area contributed by atoms with Gasteiger partial charge in [-0.05, 0) is 93.7 Å². The fourth-order valence-corrected chi connectivity index (χ4v) is 8.86. The lowest BCUT2D eigenvalue weighted by atomic mass is 9.70. The smallest absolute Gasteiger partial charge is 0.0243 e. The zero-order chi connectivity index (χ0) is 37.1. The number of rotatable bonds is 24. The van der Waals surface area contributed by atoms with Gasteiger partial charge in [0.05, 0.1) is 0 Å². The van der Waals surface area contributed by atoms with Crippen LogP contribution < -0.4 is 0 Å². The Kier molecular flexibility index (Phi) is 16.4. The minimum atomic E-state index is 0.00843. The molecule has 0 spiro atoms. The molecule has 278 valence electrons. The largest absolute Gasteiger partial charge is 0.115 e. The third-order valence-corrected chi connectivity index (χ3v) is 12.0. The normalized spacial score (nSPS) is 12.6. The van der Waals surface area contributed by atoms with Gasteiger partial charge in [-0.3, -0.25) is 0 Å². The molecule has 4 aromatic carbocycles. The van der Waals surface area contributed by atoms with Crippen LogP contribution in [0.4, 0.5) is 0 Å². The van der Waals surface area contributed by atoms with E-state index in [9.17, 15) is 0 Å². The van der Waals surface area contributed by atoms with E-state index in [4.69, 9.17) is 12.8 Å². The van der Waals surface area contributed by atoms with Crippen LogP contribution in [0.1, 0.15) is 177 Å². The third kappa shape index (κ3) is 11.0. The van der Waals surface area contributed by atoms with E-state index in [-0.39, 0.29) is 5.41 Å². The molecular formula is C53H66. The highest BCUT2D eigenvalue weighted by molar-refractivity contribution is 5.86. The van der Waals surface area contributed by atoms with E-state index in [2.05, 4.69) is 111 Å². The van der Waals surface area contributed by atoms with Crippen LogP contribution >= 0.6 is 0 Å². The molecule has 0 nitrogen and oxygen atoms in total. The van der Waals surface area contributed by atoms with E-state index in [1.54, 1.807) is 0 Å². The Hall–Kier alpha value is -4.00. The molecule has 0 N–H and O–H groups in total. The van der Waals surface area contributed by atoms with E-state index >= 15 is 0 Å².